The first-order valence-electron chi connectivity index (χ1n) is 4.22. The summed E-state index contributed by atoms with van der Waals surface area (Å²) >= 11 is 0. The van der Waals surface area contributed by atoms with Crippen molar-refractivity contribution in [3.05, 3.63) is 23.2 Å². The van der Waals surface area contributed by atoms with E-state index < -0.39 is 5.97 Å². The van der Waals surface area contributed by atoms with Crippen LogP contribution in [-0.4, -0.2) is 21.4 Å². The molecule has 0 saturated heterocycles. The zero-order valence-electron chi connectivity index (χ0n) is 8.14. The highest BCUT2D eigenvalue weighted by Crippen LogP contribution is 2.29. The number of nitrogens with zero attached hydrogens (tertiary/aromatic N) is 2. The standard InChI is InChI=1S/C9H8N2O4/c1-4-7(5(2)14-11-4)8-6(9(12)13)3-10-15-8/h3H,1-2H3,(H,12,13). The monoisotopic (exact) mass is 208 g/mol. The van der Waals surface area contributed by atoms with Crippen molar-refractivity contribution >= 4 is 5.97 Å². The van der Waals surface area contributed by atoms with Gasteiger partial charge in [0.2, 0.25) is 0 Å². The van der Waals surface area contributed by atoms with Crippen LogP contribution < -0.4 is 0 Å². The molecule has 0 spiro atoms. The minimum Gasteiger partial charge on any atom is -0.477 e. The largest absolute Gasteiger partial charge is 0.477 e. The van der Waals surface area contributed by atoms with Crippen molar-refractivity contribution in [2.24, 2.45) is 0 Å². The zero-order chi connectivity index (χ0) is 11.0. The van der Waals surface area contributed by atoms with Gasteiger partial charge in [0.25, 0.3) is 0 Å². The van der Waals surface area contributed by atoms with Gasteiger partial charge in [0.1, 0.15) is 11.3 Å². The van der Waals surface area contributed by atoms with Crippen LogP contribution in [0.25, 0.3) is 11.3 Å². The fourth-order valence-corrected chi connectivity index (χ4v) is 1.38. The summed E-state index contributed by atoms with van der Waals surface area (Å²) in [5.74, 6) is -0.406. The molecule has 2 rings (SSSR count). The maximum atomic E-state index is 10.8. The molecule has 0 bridgehead atoms. The molecule has 78 valence electrons. The van der Waals surface area contributed by atoms with E-state index in [0.29, 0.717) is 17.0 Å². The minimum atomic E-state index is -1.09. The van der Waals surface area contributed by atoms with E-state index in [1.165, 1.54) is 0 Å². The molecule has 0 aliphatic rings. The average molecular weight is 208 g/mol. The quantitative estimate of drug-likeness (QED) is 0.806. The van der Waals surface area contributed by atoms with Crippen molar-refractivity contribution < 1.29 is 18.9 Å². The summed E-state index contributed by atoms with van der Waals surface area (Å²) in [4.78, 5) is 10.8. The Morgan fingerprint density at radius 3 is 2.67 bits per heavy atom. The predicted molar refractivity (Wildman–Crippen MR) is 48.4 cm³/mol. The van der Waals surface area contributed by atoms with Crippen molar-refractivity contribution in [3.8, 4) is 11.3 Å². The Balaban J connectivity index is 2.64. The fraction of sp³-hybridized carbons (Fsp3) is 0.222. The molecule has 0 aliphatic carbocycles. The summed E-state index contributed by atoms with van der Waals surface area (Å²) in [5, 5.41) is 16.1. The normalized spacial score (nSPS) is 10.5. The van der Waals surface area contributed by atoms with Crippen molar-refractivity contribution in [1.82, 2.24) is 10.3 Å². The first-order valence-corrected chi connectivity index (χ1v) is 4.22. The number of carboxylic acids is 1. The van der Waals surface area contributed by atoms with Crippen LogP contribution in [0.2, 0.25) is 0 Å². The number of hydrogen-bond acceptors (Lipinski definition) is 5. The lowest BCUT2D eigenvalue weighted by atomic mass is 10.1. The number of hydrogen-bond donors (Lipinski definition) is 1. The van der Waals surface area contributed by atoms with Crippen LogP contribution in [0.5, 0.6) is 0 Å². The predicted octanol–water partition coefficient (Wildman–Crippen LogP) is 1.64. The summed E-state index contributed by atoms with van der Waals surface area (Å²) < 4.78 is 9.82. The van der Waals surface area contributed by atoms with Crippen molar-refractivity contribution in [1.29, 1.82) is 0 Å². The number of carboxylic acid groups (broad SMARTS) is 1. The Bertz CT molecular complexity index is 492. The molecule has 0 radical (unpaired) electrons. The van der Waals surface area contributed by atoms with E-state index >= 15 is 0 Å². The number of aryl methyl sites for hydroxylation is 2. The van der Waals surface area contributed by atoms with Gasteiger partial charge in [-0.3, -0.25) is 0 Å². The van der Waals surface area contributed by atoms with E-state index in [1.54, 1.807) is 13.8 Å². The topological polar surface area (TPSA) is 89.4 Å². The Hall–Kier alpha value is -2.11. The van der Waals surface area contributed by atoms with Crippen molar-refractivity contribution in [3.63, 3.8) is 0 Å². The third-order valence-electron chi connectivity index (χ3n) is 2.06. The van der Waals surface area contributed by atoms with Crippen LogP contribution in [0.3, 0.4) is 0 Å². The number of rotatable bonds is 2. The van der Waals surface area contributed by atoms with Crippen LogP contribution in [-0.2, 0) is 0 Å². The van der Waals surface area contributed by atoms with Gasteiger partial charge < -0.3 is 14.2 Å². The molecule has 0 saturated carbocycles. The second kappa shape index (κ2) is 3.23. The second-order valence-corrected chi connectivity index (χ2v) is 3.07. The van der Waals surface area contributed by atoms with Crippen molar-refractivity contribution in [2.75, 3.05) is 0 Å². The summed E-state index contributed by atoms with van der Waals surface area (Å²) in [6.07, 6.45) is 1.16. The number of carbonyl (C=O) groups is 1. The highest BCUT2D eigenvalue weighted by atomic mass is 16.5. The molecule has 0 aromatic carbocycles. The Labute approximate surface area is 84.5 Å². The lowest BCUT2D eigenvalue weighted by molar-refractivity contribution is 0.0697. The summed E-state index contributed by atoms with van der Waals surface area (Å²) in [6.45, 7) is 3.39. The summed E-state index contributed by atoms with van der Waals surface area (Å²) in [5.41, 5.74) is 1.13. The molecule has 0 fully saturated rings. The van der Waals surface area contributed by atoms with Gasteiger partial charge in [-0.15, -0.1) is 0 Å². The van der Waals surface area contributed by atoms with Gasteiger partial charge >= 0.3 is 5.97 Å². The molecule has 0 unspecified atom stereocenters. The van der Waals surface area contributed by atoms with Gasteiger partial charge in [-0.1, -0.05) is 10.3 Å². The van der Waals surface area contributed by atoms with Gasteiger partial charge in [-0.05, 0) is 13.8 Å². The van der Waals surface area contributed by atoms with Crippen LogP contribution in [0.1, 0.15) is 21.8 Å². The average Bonchev–Trinajstić information content (AvgIpc) is 2.73. The highest BCUT2D eigenvalue weighted by Gasteiger charge is 2.23. The third-order valence-corrected chi connectivity index (χ3v) is 2.06. The van der Waals surface area contributed by atoms with Gasteiger partial charge in [0.15, 0.2) is 5.76 Å². The molecular formula is C9H8N2O4. The van der Waals surface area contributed by atoms with E-state index in [0.717, 1.165) is 6.20 Å². The van der Waals surface area contributed by atoms with E-state index in [1.807, 2.05) is 0 Å². The number of aromatic carboxylic acids is 1. The summed E-state index contributed by atoms with van der Waals surface area (Å²) in [6, 6.07) is 0. The smallest absolute Gasteiger partial charge is 0.341 e. The van der Waals surface area contributed by atoms with E-state index in [4.69, 9.17) is 14.2 Å². The van der Waals surface area contributed by atoms with Gasteiger partial charge in [-0.2, -0.15) is 0 Å². The first kappa shape index (κ1) is 9.45. The van der Waals surface area contributed by atoms with Crippen LogP contribution >= 0.6 is 0 Å². The zero-order valence-corrected chi connectivity index (χ0v) is 8.14. The van der Waals surface area contributed by atoms with E-state index in [9.17, 15) is 4.79 Å². The molecule has 2 aromatic heterocycles. The number of aromatic nitrogens is 2. The van der Waals surface area contributed by atoms with Gasteiger partial charge in [0.05, 0.1) is 17.5 Å². The van der Waals surface area contributed by atoms with Crippen molar-refractivity contribution in [2.45, 2.75) is 13.8 Å². The van der Waals surface area contributed by atoms with E-state index in [-0.39, 0.29) is 11.3 Å². The van der Waals surface area contributed by atoms with Crippen LogP contribution in [0.4, 0.5) is 0 Å². The molecule has 6 heteroatoms. The Morgan fingerprint density at radius 1 is 1.40 bits per heavy atom. The molecule has 0 atom stereocenters. The SMILES string of the molecule is Cc1noc(C)c1-c1oncc1C(=O)O. The molecular weight excluding hydrogens is 200 g/mol. The maximum absolute atomic E-state index is 10.8. The first-order chi connectivity index (χ1) is 7.11. The molecule has 2 heterocycles. The highest BCUT2D eigenvalue weighted by molar-refractivity contribution is 5.94. The maximum Gasteiger partial charge on any atom is 0.341 e. The lowest BCUT2D eigenvalue weighted by Crippen LogP contribution is -1.96. The van der Waals surface area contributed by atoms with Crippen LogP contribution in [0.15, 0.2) is 15.2 Å². The molecule has 0 aliphatic heterocycles. The molecule has 2 aromatic rings. The van der Waals surface area contributed by atoms with Crippen LogP contribution in [0, 0.1) is 13.8 Å². The molecule has 15 heavy (non-hydrogen) atoms. The second-order valence-electron chi connectivity index (χ2n) is 3.07. The fourth-order valence-electron chi connectivity index (χ4n) is 1.38. The van der Waals surface area contributed by atoms with Gasteiger partial charge in [0, 0.05) is 0 Å². The minimum absolute atomic E-state index is 0.00407. The Morgan fingerprint density at radius 2 is 2.13 bits per heavy atom. The molecule has 0 amide bonds. The molecule has 1 N–H and O–H groups in total. The lowest BCUT2D eigenvalue weighted by Gasteiger charge is -1.94. The summed E-state index contributed by atoms with van der Waals surface area (Å²) in [7, 11) is 0. The van der Waals surface area contributed by atoms with Gasteiger partial charge in [-0.25, -0.2) is 4.79 Å². The Kier molecular flexibility index (Phi) is 2.03. The third kappa shape index (κ3) is 1.39. The van der Waals surface area contributed by atoms with E-state index in [2.05, 4.69) is 10.3 Å². The molecule has 6 nitrogen and oxygen atoms in total.